The molecule has 3 heterocycles. The van der Waals surface area contributed by atoms with Gasteiger partial charge in [-0.15, -0.1) is 28.8 Å². The number of hydrogen-bond donors (Lipinski definition) is 2. The Hall–Kier alpha value is -2.45. The summed E-state index contributed by atoms with van der Waals surface area (Å²) in [5, 5.41) is 9.59. The maximum Gasteiger partial charge on any atom is 0.211 e. The SMILES string of the molecule is Cc1csc2nc(-c3cccnc3)c(/C=N/N=C(N)N)n12.Cl. The van der Waals surface area contributed by atoms with Crippen molar-refractivity contribution in [3.63, 3.8) is 0 Å². The second-order valence-electron chi connectivity index (χ2n) is 4.35. The number of fused-ring (bicyclic) bond motifs is 1. The van der Waals surface area contributed by atoms with Gasteiger partial charge in [0.05, 0.1) is 11.9 Å². The summed E-state index contributed by atoms with van der Waals surface area (Å²) in [6, 6.07) is 3.82. The largest absolute Gasteiger partial charge is 0.369 e. The Morgan fingerprint density at radius 1 is 1.41 bits per heavy atom. The van der Waals surface area contributed by atoms with Crippen LogP contribution in [0.3, 0.4) is 0 Å². The van der Waals surface area contributed by atoms with Crippen LogP contribution in [0.2, 0.25) is 0 Å². The van der Waals surface area contributed by atoms with Gasteiger partial charge in [0.15, 0.2) is 4.96 Å². The van der Waals surface area contributed by atoms with E-state index in [1.54, 1.807) is 29.9 Å². The molecule has 7 nitrogen and oxygen atoms in total. The number of hydrogen-bond acceptors (Lipinski definition) is 5. The van der Waals surface area contributed by atoms with Crippen LogP contribution in [-0.2, 0) is 0 Å². The zero-order valence-corrected chi connectivity index (χ0v) is 13.3. The summed E-state index contributed by atoms with van der Waals surface area (Å²) >= 11 is 1.57. The van der Waals surface area contributed by atoms with Crippen molar-refractivity contribution in [2.75, 3.05) is 0 Å². The van der Waals surface area contributed by atoms with Gasteiger partial charge in [-0.25, -0.2) is 4.98 Å². The number of nitrogens with zero attached hydrogens (tertiary/aromatic N) is 5. The van der Waals surface area contributed by atoms with E-state index in [1.165, 1.54) is 0 Å². The van der Waals surface area contributed by atoms with Crippen LogP contribution in [0.15, 0.2) is 40.1 Å². The highest BCUT2D eigenvalue weighted by atomic mass is 35.5. The molecule has 3 aromatic heterocycles. The summed E-state index contributed by atoms with van der Waals surface area (Å²) in [4.78, 5) is 9.66. The molecule has 4 N–H and O–H groups in total. The van der Waals surface area contributed by atoms with Gasteiger partial charge in [0, 0.05) is 29.0 Å². The average molecular weight is 336 g/mol. The van der Waals surface area contributed by atoms with Crippen molar-refractivity contribution in [1.29, 1.82) is 0 Å². The van der Waals surface area contributed by atoms with Gasteiger partial charge in [0.1, 0.15) is 5.69 Å². The zero-order valence-electron chi connectivity index (χ0n) is 11.7. The third-order valence-corrected chi connectivity index (χ3v) is 3.80. The molecule has 9 heteroatoms. The van der Waals surface area contributed by atoms with Crippen LogP contribution in [0, 0.1) is 6.92 Å². The summed E-state index contributed by atoms with van der Waals surface area (Å²) in [6.45, 7) is 2.01. The van der Waals surface area contributed by atoms with Crippen LogP contribution >= 0.6 is 23.7 Å². The number of aryl methyl sites for hydroxylation is 1. The highest BCUT2D eigenvalue weighted by Crippen LogP contribution is 2.26. The maximum absolute atomic E-state index is 5.29. The molecular weight excluding hydrogens is 322 g/mol. The van der Waals surface area contributed by atoms with E-state index < -0.39 is 0 Å². The third kappa shape index (κ3) is 2.92. The molecule has 0 bridgehead atoms. The van der Waals surface area contributed by atoms with Gasteiger partial charge >= 0.3 is 0 Å². The number of rotatable bonds is 3. The molecule has 22 heavy (non-hydrogen) atoms. The van der Waals surface area contributed by atoms with Crippen molar-refractivity contribution in [2.24, 2.45) is 21.7 Å². The quantitative estimate of drug-likeness (QED) is 0.432. The van der Waals surface area contributed by atoms with E-state index in [1.807, 2.05) is 28.8 Å². The number of pyridine rings is 1. The molecule has 0 spiro atoms. The Morgan fingerprint density at radius 3 is 2.91 bits per heavy atom. The van der Waals surface area contributed by atoms with Crippen molar-refractivity contribution < 1.29 is 0 Å². The molecule has 0 aliphatic rings. The van der Waals surface area contributed by atoms with Crippen molar-refractivity contribution in [2.45, 2.75) is 6.92 Å². The lowest BCUT2D eigenvalue weighted by Crippen LogP contribution is -2.21. The lowest BCUT2D eigenvalue weighted by atomic mass is 10.2. The van der Waals surface area contributed by atoms with E-state index in [0.29, 0.717) is 0 Å². The minimum absolute atomic E-state index is 0. The minimum Gasteiger partial charge on any atom is -0.369 e. The molecule has 0 aliphatic carbocycles. The van der Waals surface area contributed by atoms with E-state index in [9.17, 15) is 0 Å². The van der Waals surface area contributed by atoms with Crippen LogP contribution in [0.1, 0.15) is 11.4 Å². The van der Waals surface area contributed by atoms with Gasteiger partial charge in [-0.3, -0.25) is 9.38 Å². The highest BCUT2D eigenvalue weighted by molar-refractivity contribution is 7.15. The highest BCUT2D eigenvalue weighted by Gasteiger charge is 2.15. The molecule has 0 saturated heterocycles. The lowest BCUT2D eigenvalue weighted by Gasteiger charge is -1.99. The van der Waals surface area contributed by atoms with Crippen LogP contribution < -0.4 is 11.5 Å². The van der Waals surface area contributed by atoms with Gasteiger partial charge in [-0.1, -0.05) is 0 Å². The zero-order chi connectivity index (χ0) is 14.8. The van der Waals surface area contributed by atoms with Crippen molar-refractivity contribution in [3.05, 3.63) is 41.3 Å². The molecule has 3 aromatic rings. The molecule has 0 radical (unpaired) electrons. The first-order chi connectivity index (χ1) is 10.2. The lowest BCUT2D eigenvalue weighted by molar-refractivity contribution is 1.11. The van der Waals surface area contributed by atoms with Crippen LogP contribution in [0.25, 0.3) is 16.2 Å². The topological polar surface area (TPSA) is 107 Å². The van der Waals surface area contributed by atoms with Crippen molar-refractivity contribution in [1.82, 2.24) is 14.4 Å². The molecule has 0 fully saturated rings. The van der Waals surface area contributed by atoms with Crippen LogP contribution in [0.5, 0.6) is 0 Å². The Balaban J connectivity index is 0.00000176. The second kappa shape index (κ2) is 6.54. The Kier molecular flexibility index (Phi) is 4.74. The molecule has 3 rings (SSSR count). The third-order valence-electron chi connectivity index (χ3n) is 2.86. The summed E-state index contributed by atoms with van der Waals surface area (Å²) in [6.07, 6.45) is 5.09. The predicted molar refractivity (Wildman–Crippen MR) is 91.7 cm³/mol. The average Bonchev–Trinajstić information content (AvgIpc) is 3.01. The predicted octanol–water partition coefficient (Wildman–Crippen LogP) is 1.80. The smallest absolute Gasteiger partial charge is 0.211 e. The van der Waals surface area contributed by atoms with Crippen LogP contribution in [-0.4, -0.2) is 26.5 Å². The molecule has 0 aromatic carbocycles. The van der Waals surface area contributed by atoms with E-state index >= 15 is 0 Å². The normalized spacial score (nSPS) is 10.8. The Bertz CT molecular complexity index is 831. The van der Waals surface area contributed by atoms with Gasteiger partial charge in [0.25, 0.3) is 0 Å². The minimum atomic E-state index is -0.0861. The number of imidazole rings is 1. The van der Waals surface area contributed by atoms with E-state index in [0.717, 1.165) is 27.6 Å². The van der Waals surface area contributed by atoms with Crippen LogP contribution in [0.4, 0.5) is 0 Å². The monoisotopic (exact) mass is 335 g/mol. The standard InChI is InChI=1S/C13H13N7S.ClH/c1-8-7-21-13-18-11(9-3-2-4-16-5-9)10(20(8)13)6-17-19-12(14)15;/h2-7H,1H3,(H4,14,15,19);1H/b17-6+;. The fourth-order valence-corrected chi connectivity index (χ4v) is 2.88. The second-order valence-corrected chi connectivity index (χ2v) is 5.19. The molecule has 0 saturated carbocycles. The van der Waals surface area contributed by atoms with Gasteiger partial charge in [-0.05, 0) is 19.1 Å². The first-order valence-corrected chi connectivity index (χ1v) is 7.03. The first kappa shape index (κ1) is 15.9. The first-order valence-electron chi connectivity index (χ1n) is 6.15. The molecule has 0 atom stereocenters. The number of halogens is 1. The van der Waals surface area contributed by atoms with E-state index in [4.69, 9.17) is 11.5 Å². The molecule has 0 amide bonds. The molecular formula is C13H14ClN7S. The fraction of sp³-hybridized carbons (Fsp3) is 0.0769. The summed E-state index contributed by atoms with van der Waals surface area (Å²) < 4.78 is 2.01. The number of aromatic nitrogens is 3. The fourth-order valence-electron chi connectivity index (χ4n) is 2.01. The summed E-state index contributed by atoms with van der Waals surface area (Å²) in [5.74, 6) is -0.0861. The Labute approximate surface area is 136 Å². The van der Waals surface area contributed by atoms with E-state index in [2.05, 4.69) is 20.2 Å². The Morgan fingerprint density at radius 2 is 2.23 bits per heavy atom. The number of nitrogens with two attached hydrogens (primary N) is 2. The van der Waals surface area contributed by atoms with Crippen molar-refractivity contribution >= 4 is 40.9 Å². The molecule has 0 unspecified atom stereocenters. The number of guanidine groups is 1. The summed E-state index contributed by atoms with van der Waals surface area (Å²) in [7, 11) is 0. The van der Waals surface area contributed by atoms with Gasteiger partial charge in [0.2, 0.25) is 5.96 Å². The van der Waals surface area contributed by atoms with Crippen molar-refractivity contribution in [3.8, 4) is 11.3 Å². The van der Waals surface area contributed by atoms with E-state index in [-0.39, 0.29) is 18.4 Å². The molecule has 0 aliphatic heterocycles. The molecule has 114 valence electrons. The summed E-state index contributed by atoms with van der Waals surface area (Å²) in [5.41, 5.74) is 14.2. The van der Waals surface area contributed by atoms with Gasteiger partial charge in [-0.2, -0.15) is 5.10 Å². The number of thiazole rings is 1. The van der Waals surface area contributed by atoms with Gasteiger partial charge < -0.3 is 11.5 Å². The maximum atomic E-state index is 5.29.